The molecule has 3 rings (SSSR count). The SMILES string of the molecule is CCOc1cc(-c2nc(SC)[nH]c(=O)c2C#N)ccc1OCc1ccccc1Cl. The lowest BCUT2D eigenvalue weighted by molar-refractivity contribution is 0.269. The number of thioether (sulfide) groups is 1. The van der Waals surface area contributed by atoms with E-state index in [1.54, 1.807) is 30.5 Å². The predicted octanol–water partition coefficient (Wildman–Crippen LogP) is 4.66. The van der Waals surface area contributed by atoms with Gasteiger partial charge in [0, 0.05) is 16.1 Å². The van der Waals surface area contributed by atoms with Crippen LogP contribution in [0.5, 0.6) is 11.5 Å². The van der Waals surface area contributed by atoms with E-state index in [2.05, 4.69) is 9.97 Å². The molecule has 0 spiro atoms. The first kappa shape index (κ1) is 20.8. The van der Waals surface area contributed by atoms with Gasteiger partial charge in [0.1, 0.15) is 18.2 Å². The lowest BCUT2D eigenvalue weighted by Crippen LogP contribution is -2.14. The molecule has 8 heteroatoms. The van der Waals surface area contributed by atoms with Crippen LogP contribution in [-0.4, -0.2) is 22.8 Å². The molecule has 148 valence electrons. The quantitative estimate of drug-likeness (QED) is 0.435. The van der Waals surface area contributed by atoms with Gasteiger partial charge in [-0.1, -0.05) is 41.6 Å². The highest BCUT2D eigenvalue weighted by Crippen LogP contribution is 2.34. The summed E-state index contributed by atoms with van der Waals surface area (Å²) in [4.78, 5) is 19.2. The highest BCUT2D eigenvalue weighted by Gasteiger charge is 2.16. The second kappa shape index (κ2) is 9.50. The number of ether oxygens (including phenoxy) is 2. The molecule has 1 aromatic heterocycles. The first-order chi connectivity index (χ1) is 14.1. The molecule has 0 bridgehead atoms. The maximum Gasteiger partial charge on any atom is 0.270 e. The van der Waals surface area contributed by atoms with Crippen LogP contribution in [-0.2, 0) is 6.61 Å². The molecular weight excluding hydrogens is 410 g/mol. The monoisotopic (exact) mass is 427 g/mol. The van der Waals surface area contributed by atoms with Gasteiger partial charge < -0.3 is 14.5 Å². The van der Waals surface area contributed by atoms with Gasteiger partial charge in [-0.3, -0.25) is 4.79 Å². The second-order valence-corrected chi connectivity index (χ2v) is 7.09. The van der Waals surface area contributed by atoms with Crippen LogP contribution in [0, 0.1) is 11.3 Å². The first-order valence-corrected chi connectivity index (χ1v) is 10.4. The molecule has 0 amide bonds. The van der Waals surface area contributed by atoms with E-state index in [9.17, 15) is 10.1 Å². The van der Waals surface area contributed by atoms with Crippen LogP contribution >= 0.6 is 23.4 Å². The third-order valence-corrected chi connectivity index (χ3v) is 5.01. The normalized spacial score (nSPS) is 10.4. The van der Waals surface area contributed by atoms with Gasteiger partial charge in [0.2, 0.25) is 0 Å². The molecule has 0 saturated carbocycles. The van der Waals surface area contributed by atoms with Gasteiger partial charge >= 0.3 is 0 Å². The highest BCUT2D eigenvalue weighted by atomic mass is 35.5. The summed E-state index contributed by atoms with van der Waals surface area (Å²) in [6.45, 7) is 2.57. The van der Waals surface area contributed by atoms with Gasteiger partial charge in [-0.15, -0.1) is 0 Å². The van der Waals surface area contributed by atoms with E-state index >= 15 is 0 Å². The van der Waals surface area contributed by atoms with E-state index < -0.39 is 5.56 Å². The summed E-state index contributed by atoms with van der Waals surface area (Å²) in [6, 6.07) is 14.6. The minimum absolute atomic E-state index is 0.0463. The number of nitrogens with zero attached hydrogens (tertiary/aromatic N) is 2. The average Bonchev–Trinajstić information content (AvgIpc) is 2.73. The molecule has 0 unspecified atom stereocenters. The molecule has 0 atom stereocenters. The van der Waals surface area contributed by atoms with Crippen molar-refractivity contribution in [3.8, 4) is 28.8 Å². The Hall–Kier alpha value is -2.95. The molecule has 0 aliphatic heterocycles. The zero-order chi connectivity index (χ0) is 20.8. The molecule has 0 aliphatic carbocycles. The van der Waals surface area contributed by atoms with E-state index in [1.165, 1.54) is 11.8 Å². The summed E-state index contributed by atoms with van der Waals surface area (Å²) in [7, 11) is 0. The van der Waals surface area contributed by atoms with Crippen LogP contribution < -0.4 is 15.0 Å². The highest BCUT2D eigenvalue weighted by molar-refractivity contribution is 7.98. The minimum Gasteiger partial charge on any atom is -0.490 e. The average molecular weight is 428 g/mol. The fraction of sp³-hybridized carbons (Fsp3) is 0.190. The predicted molar refractivity (Wildman–Crippen MR) is 114 cm³/mol. The molecule has 3 aromatic rings. The Labute approximate surface area is 177 Å². The van der Waals surface area contributed by atoms with E-state index in [4.69, 9.17) is 21.1 Å². The Kier molecular flexibility index (Phi) is 6.81. The molecular formula is C21H18ClN3O3S. The molecule has 29 heavy (non-hydrogen) atoms. The number of hydrogen-bond acceptors (Lipinski definition) is 6. The molecule has 0 aliphatic rings. The largest absolute Gasteiger partial charge is 0.490 e. The standard InChI is InChI=1S/C21H18ClN3O3S/c1-3-27-18-10-13(19-15(11-23)20(26)25-21(24-19)29-2)8-9-17(18)28-12-14-6-4-5-7-16(14)22/h4-10H,3,12H2,1-2H3,(H,24,25,26). The van der Waals surface area contributed by atoms with Crippen LogP contribution in [0.1, 0.15) is 18.1 Å². The first-order valence-electron chi connectivity index (χ1n) is 8.79. The van der Waals surface area contributed by atoms with Crippen LogP contribution in [0.3, 0.4) is 0 Å². The van der Waals surface area contributed by atoms with Crippen molar-refractivity contribution >= 4 is 23.4 Å². The smallest absolute Gasteiger partial charge is 0.270 e. The van der Waals surface area contributed by atoms with E-state index in [0.717, 1.165) is 5.56 Å². The van der Waals surface area contributed by atoms with Crippen LogP contribution in [0.15, 0.2) is 52.4 Å². The Balaban J connectivity index is 1.99. The molecule has 0 radical (unpaired) electrons. The molecule has 1 N–H and O–H groups in total. The lowest BCUT2D eigenvalue weighted by atomic mass is 10.1. The van der Waals surface area contributed by atoms with Crippen molar-refractivity contribution in [1.29, 1.82) is 5.26 Å². The van der Waals surface area contributed by atoms with Crippen molar-refractivity contribution in [2.45, 2.75) is 18.7 Å². The van der Waals surface area contributed by atoms with Gasteiger partial charge in [0.05, 0.1) is 12.3 Å². The van der Waals surface area contributed by atoms with Crippen molar-refractivity contribution < 1.29 is 9.47 Å². The lowest BCUT2D eigenvalue weighted by Gasteiger charge is -2.14. The zero-order valence-corrected chi connectivity index (χ0v) is 17.4. The van der Waals surface area contributed by atoms with Crippen LogP contribution in [0.25, 0.3) is 11.3 Å². The Morgan fingerprint density at radius 3 is 2.69 bits per heavy atom. The number of halogens is 1. The Morgan fingerprint density at radius 2 is 2.00 bits per heavy atom. The molecule has 0 fully saturated rings. The molecule has 0 saturated heterocycles. The number of benzene rings is 2. The zero-order valence-electron chi connectivity index (χ0n) is 15.9. The number of aromatic nitrogens is 2. The third kappa shape index (κ3) is 4.73. The third-order valence-electron chi connectivity index (χ3n) is 4.06. The minimum atomic E-state index is -0.473. The number of nitrogens with one attached hydrogen (secondary N) is 1. The van der Waals surface area contributed by atoms with E-state index in [1.807, 2.05) is 31.2 Å². The summed E-state index contributed by atoms with van der Waals surface area (Å²) in [5, 5.41) is 10.5. The number of aromatic amines is 1. The van der Waals surface area contributed by atoms with Crippen molar-refractivity contribution in [2.75, 3.05) is 12.9 Å². The Bertz CT molecular complexity index is 1120. The van der Waals surface area contributed by atoms with Crippen molar-refractivity contribution in [1.82, 2.24) is 9.97 Å². The van der Waals surface area contributed by atoms with Gasteiger partial charge in [0.25, 0.3) is 5.56 Å². The number of rotatable bonds is 7. The summed E-state index contributed by atoms with van der Waals surface area (Å²) in [5.74, 6) is 1.03. The number of H-pyrrole nitrogens is 1. The molecule has 2 aromatic carbocycles. The number of nitriles is 1. The summed E-state index contributed by atoms with van der Waals surface area (Å²) < 4.78 is 11.6. The Morgan fingerprint density at radius 1 is 1.21 bits per heavy atom. The van der Waals surface area contributed by atoms with Gasteiger partial charge in [-0.05, 0) is 37.4 Å². The summed E-state index contributed by atoms with van der Waals surface area (Å²) >= 11 is 7.48. The van der Waals surface area contributed by atoms with E-state index in [0.29, 0.717) is 39.5 Å². The van der Waals surface area contributed by atoms with Crippen LogP contribution in [0.4, 0.5) is 0 Å². The fourth-order valence-electron chi connectivity index (χ4n) is 2.68. The summed E-state index contributed by atoms with van der Waals surface area (Å²) in [6.07, 6.45) is 1.80. The van der Waals surface area contributed by atoms with Crippen molar-refractivity contribution in [3.05, 3.63) is 69.0 Å². The van der Waals surface area contributed by atoms with Crippen LogP contribution in [0.2, 0.25) is 5.02 Å². The summed E-state index contributed by atoms with van der Waals surface area (Å²) in [5.41, 5.74) is 1.23. The van der Waals surface area contributed by atoms with Crippen molar-refractivity contribution in [3.63, 3.8) is 0 Å². The maximum absolute atomic E-state index is 12.2. The molecule has 6 nitrogen and oxygen atoms in total. The van der Waals surface area contributed by atoms with Crippen molar-refractivity contribution in [2.24, 2.45) is 0 Å². The number of hydrogen-bond donors (Lipinski definition) is 1. The van der Waals surface area contributed by atoms with E-state index in [-0.39, 0.29) is 12.2 Å². The van der Waals surface area contributed by atoms with Gasteiger partial charge in [-0.25, -0.2) is 4.98 Å². The molecule has 1 heterocycles. The van der Waals surface area contributed by atoms with Gasteiger partial charge in [-0.2, -0.15) is 5.26 Å². The topological polar surface area (TPSA) is 88.0 Å². The second-order valence-electron chi connectivity index (χ2n) is 5.89. The fourth-order valence-corrected chi connectivity index (χ4v) is 3.24. The van der Waals surface area contributed by atoms with Gasteiger partial charge in [0.15, 0.2) is 16.7 Å². The maximum atomic E-state index is 12.2.